The zero-order chi connectivity index (χ0) is 25.1. The van der Waals surface area contributed by atoms with Gasteiger partial charge in [-0.15, -0.1) is 0 Å². The first kappa shape index (κ1) is 33.4. The Morgan fingerprint density at radius 1 is 0.588 bits per heavy atom. The Balaban J connectivity index is 3.53. The second kappa shape index (κ2) is 27.0. The Bertz CT molecular complexity index is 416. The first-order valence-corrected chi connectivity index (χ1v) is 15.2. The second-order valence-electron chi connectivity index (χ2n) is 10.5. The third kappa shape index (κ3) is 23.1. The molecule has 0 aromatic carbocycles. The van der Waals surface area contributed by atoms with Crippen LogP contribution in [-0.2, 0) is 4.79 Å². The smallest absolute Gasteiger partial charge is 0.220 e. The molecule has 34 heavy (non-hydrogen) atoms. The average molecular weight is 484 g/mol. The van der Waals surface area contributed by atoms with Crippen LogP contribution in [0, 0.1) is 0 Å². The highest BCUT2D eigenvalue weighted by Gasteiger charge is 2.19. The Morgan fingerprint density at radius 2 is 0.941 bits per heavy atom. The van der Waals surface area contributed by atoms with Crippen molar-refractivity contribution in [2.75, 3.05) is 6.61 Å². The van der Waals surface area contributed by atoms with Gasteiger partial charge < -0.3 is 15.5 Å². The lowest BCUT2D eigenvalue weighted by Gasteiger charge is -2.22. The third-order valence-electron chi connectivity index (χ3n) is 7.12. The molecule has 1 amide bonds. The van der Waals surface area contributed by atoms with Crippen LogP contribution < -0.4 is 5.32 Å². The van der Waals surface area contributed by atoms with E-state index in [1.165, 1.54) is 116 Å². The summed E-state index contributed by atoms with van der Waals surface area (Å²) in [5.74, 6) is -0.0349. The first-order valence-electron chi connectivity index (χ1n) is 15.2. The molecule has 0 spiro atoms. The molecule has 3 N–H and O–H groups in total. The molecule has 0 fully saturated rings. The van der Waals surface area contributed by atoms with E-state index in [1.54, 1.807) is 0 Å². The van der Waals surface area contributed by atoms with Crippen molar-refractivity contribution < 1.29 is 15.0 Å². The Morgan fingerprint density at radius 3 is 1.32 bits per heavy atom. The Labute approximate surface area is 213 Å². The number of hydrogen-bond donors (Lipinski definition) is 3. The quantitative estimate of drug-likeness (QED) is 0.103. The van der Waals surface area contributed by atoms with E-state index in [2.05, 4.69) is 19.2 Å². The van der Waals surface area contributed by atoms with Crippen LogP contribution in [0.4, 0.5) is 0 Å². The van der Waals surface area contributed by atoms with Gasteiger partial charge in [-0.05, 0) is 12.8 Å². The van der Waals surface area contributed by atoms with E-state index in [4.69, 9.17) is 0 Å². The molecule has 2 atom stereocenters. The molecule has 4 heteroatoms. The van der Waals surface area contributed by atoms with Crippen molar-refractivity contribution in [3.8, 4) is 0 Å². The molecule has 0 aliphatic rings. The van der Waals surface area contributed by atoms with Gasteiger partial charge in [0.05, 0.1) is 18.8 Å². The van der Waals surface area contributed by atoms with Gasteiger partial charge in [0.15, 0.2) is 0 Å². The highest BCUT2D eigenvalue weighted by atomic mass is 16.3. The van der Waals surface area contributed by atoms with E-state index >= 15 is 0 Å². The average Bonchev–Trinajstić information content (AvgIpc) is 2.84. The van der Waals surface area contributed by atoms with Crippen LogP contribution in [0.25, 0.3) is 0 Å². The predicted molar refractivity (Wildman–Crippen MR) is 147 cm³/mol. The second-order valence-corrected chi connectivity index (χ2v) is 10.5. The van der Waals surface area contributed by atoms with Gasteiger partial charge in [-0.3, -0.25) is 4.79 Å². The lowest BCUT2D eigenvalue weighted by Crippen LogP contribution is -2.45. The maximum atomic E-state index is 12.2. The molecule has 0 rings (SSSR count). The number of rotatable bonds is 27. The number of aliphatic hydroxyl groups excluding tert-OH is 2. The van der Waals surface area contributed by atoms with Gasteiger partial charge in [-0.1, -0.05) is 149 Å². The van der Waals surface area contributed by atoms with Gasteiger partial charge in [-0.2, -0.15) is 0 Å². The summed E-state index contributed by atoms with van der Waals surface area (Å²) < 4.78 is 0. The zero-order valence-electron chi connectivity index (χ0n) is 23.1. The van der Waals surface area contributed by atoms with Crippen LogP contribution in [0.5, 0.6) is 0 Å². The Hall–Kier alpha value is -0.610. The molecular weight excluding hydrogens is 422 g/mol. The summed E-state index contributed by atoms with van der Waals surface area (Å²) in [4.78, 5) is 12.2. The monoisotopic (exact) mass is 483 g/mol. The topological polar surface area (TPSA) is 69.6 Å². The van der Waals surface area contributed by atoms with E-state index in [1.807, 2.05) is 0 Å². The zero-order valence-corrected chi connectivity index (χ0v) is 23.1. The fraction of sp³-hybridized carbons (Fsp3) is 0.967. The number of amides is 1. The summed E-state index contributed by atoms with van der Waals surface area (Å²) in [5, 5.41) is 22.7. The first-order chi connectivity index (χ1) is 16.7. The van der Waals surface area contributed by atoms with Crippen molar-refractivity contribution >= 4 is 5.91 Å². The van der Waals surface area contributed by atoms with Gasteiger partial charge in [0.2, 0.25) is 5.91 Å². The number of hydrogen-bond acceptors (Lipinski definition) is 3. The Kier molecular flexibility index (Phi) is 26.5. The van der Waals surface area contributed by atoms with Crippen LogP contribution in [0.3, 0.4) is 0 Å². The van der Waals surface area contributed by atoms with E-state index in [0.29, 0.717) is 12.8 Å². The molecule has 0 aromatic rings. The fourth-order valence-electron chi connectivity index (χ4n) is 4.71. The molecule has 0 saturated heterocycles. The molecular formula is C30H61NO3. The van der Waals surface area contributed by atoms with Crippen molar-refractivity contribution in [1.82, 2.24) is 5.32 Å². The molecule has 204 valence electrons. The number of unbranched alkanes of at least 4 members (excludes halogenated alkanes) is 20. The van der Waals surface area contributed by atoms with E-state index in [-0.39, 0.29) is 12.5 Å². The van der Waals surface area contributed by atoms with Crippen LogP contribution in [0.2, 0.25) is 0 Å². The highest BCUT2D eigenvalue weighted by Crippen LogP contribution is 2.14. The van der Waals surface area contributed by atoms with Crippen LogP contribution >= 0.6 is 0 Å². The molecule has 0 bridgehead atoms. The summed E-state index contributed by atoms with van der Waals surface area (Å²) in [5.41, 5.74) is 0. The summed E-state index contributed by atoms with van der Waals surface area (Å²) in [7, 11) is 0. The fourth-order valence-corrected chi connectivity index (χ4v) is 4.71. The maximum absolute atomic E-state index is 12.2. The van der Waals surface area contributed by atoms with Crippen LogP contribution in [-0.4, -0.2) is 34.9 Å². The molecule has 2 unspecified atom stereocenters. The maximum Gasteiger partial charge on any atom is 0.220 e. The van der Waals surface area contributed by atoms with Gasteiger partial charge in [0.25, 0.3) is 0 Å². The van der Waals surface area contributed by atoms with Crippen LogP contribution in [0.1, 0.15) is 168 Å². The summed E-state index contributed by atoms with van der Waals surface area (Å²) in [6.07, 6.45) is 28.6. The lowest BCUT2D eigenvalue weighted by atomic mass is 10.0. The van der Waals surface area contributed by atoms with E-state index in [9.17, 15) is 15.0 Å². The van der Waals surface area contributed by atoms with Crippen molar-refractivity contribution in [1.29, 1.82) is 0 Å². The van der Waals surface area contributed by atoms with Gasteiger partial charge >= 0.3 is 0 Å². The SMILES string of the molecule is CCCCCCCCCCCCCCCCCC(=O)NC(CO)C(O)CCCCCCCCC. The van der Waals surface area contributed by atoms with Gasteiger partial charge in [0.1, 0.15) is 0 Å². The molecule has 0 aromatic heterocycles. The molecule has 0 aliphatic carbocycles. The number of carbonyl (C=O) groups is 1. The minimum Gasteiger partial charge on any atom is -0.394 e. The summed E-state index contributed by atoms with van der Waals surface area (Å²) >= 11 is 0. The third-order valence-corrected chi connectivity index (χ3v) is 7.12. The van der Waals surface area contributed by atoms with Crippen molar-refractivity contribution in [2.45, 2.75) is 180 Å². The molecule has 0 aliphatic heterocycles. The van der Waals surface area contributed by atoms with Gasteiger partial charge in [0, 0.05) is 6.42 Å². The lowest BCUT2D eigenvalue weighted by molar-refractivity contribution is -0.123. The number of aliphatic hydroxyl groups is 2. The van der Waals surface area contributed by atoms with Crippen molar-refractivity contribution in [3.05, 3.63) is 0 Å². The molecule has 4 nitrogen and oxygen atoms in total. The van der Waals surface area contributed by atoms with Crippen molar-refractivity contribution in [2.24, 2.45) is 0 Å². The minimum atomic E-state index is -0.648. The molecule has 0 radical (unpaired) electrons. The van der Waals surface area contributed by atoms with Gasteiger partial charge in [-0.25, -0.2) is 0 Å². The highest BCUT2D eigenvalue weighted by molar-refractivity contribution is 5.76. The number of carbonyl (C=O) groups excluding carboxylic acids is 1. The molecule has 0 saturated carbocycles. The predicted octanol–water partition coefficient (Wildman–Crippen LogP) is 8.23. The largest absolute Gasteiger partial charge is 0.394 e. The number of nitrogens with one attached hydrogen (secondary N) is 1. The normalized spacial score (nSPS) is 13.2. The van der Waals surface area contributed by atoms with E-state index in [0.717, 1.165) is 25.7 Å². The van der Waals surface area contributed by atoms with E-state index < -0.39 is 12.1 Å². The van der Waals surface area contributed by atoms with Crippen LogP contribution in [0.15, 0.2) is 0 Å². The molecule has 0 heterocycles. The van der Waals surface area contributed by atoms with Crippen molar-refractivity contribution in [3.63, 3.8) is 0 Å². The minimum absolute atomic E-state index is 0.0349. The summed E-state index contributed by atoms with van der Waals surface area (Å²) in [6.45, 7) is 4.30. The standard InChI is InChI=1S/C30H61NO3/c1-3-5-7-9-11-12-13-14-15-16-17-18-20-22-24-26-30(34)31-28(27-32)29(33)25-23-21-19-10-8-6-4-2/h28-29,32-33H,3-27H2,1-2H3,(H,31,34). The summed E-state index contributed by atoms with van der Waals surface area (Å²) in [6, 6.07) is -0.524.